The monoisotopic (exact) mass is 1160 g/mol. The first-order chi connectivity index (χ1) is 37.3. The molecule has 0 spiro atoms. The van der Waals surface area contributed by atoms with E-state index < -0.39 is 259 Å². The van der Waals surface area contributed by atoms with Crippen molar-refractivity contribution in [2.75, 3.05) is 46.2 Å². The quantitative estimate of drug-likeness (QED) is 0.0464. The average molecular weight is 1160 g/mol. The van der Waals surface area contributed by atoms with Crippen LogP contribution in [0.25, 0.3) is 10.4 Å². The predicted molar refractivity (Wildman–Crippen MR) is 247 cm³/mol. The number of fused-ring (bicyclic) bond motifs is 2. The summed E-state index contributed by atoms with van der Waals surface area (Å²) in [5, 5.41) is 269. The van der Waals surface area contributed by atoms with Gasteiger partial charge in [-0.2, -0.15) is 0 Å². The van der Waals surface area contributed by atoms with Gasteiger partial charge in [-0.25, -0.2) is 0 Å². The normalized spacial score (nSPS) is 42.0. The Balaban J connectivity index is 2.23. The van der Waals surface area contributed by atoms with Crippen molar-refractivity contribution in [2.45, 2.75) is 155 Å². The van der Waals surface area contributed by atoms with Gasteiger partial charge in [-0.1, -0.05) is 5.11 Å². The minimum atomic E-state index is -2.85. The SMILES string of the molecule is [N-]=[N+]=NCC1OC2OC(CCO)/C(O)=C(/O)C(O)OC(CCO)/C(O)=C(/O)C(O)OC3C(CO)OC(OC(CCO)/C(O)=C(\O)C(O)OC(CCO)/C(O)=C(/O)C(O)OC(CCO)/C(O)=C(/O)C(O)OC1C(O)C2O)C(O)C3O. The maximum atomic E-state index is 11.2. The molecule has 37 heteroatoms. The molecule has 0 amide bonds. The molecule has 20 unspecified atom stereocenters. The highest BCUT2D eigenvalue weighted by Gasteiger charge is 2.50. The number of aliphatic hydroxyl groups is 25. The second-order valence-corrected chi connectivity index (χ2v) is 17.1. The second-order valence-electron chi connectivity index (χ2n) is 17.1. The summed E-state index contributed by atoms with van der Waals surface area (Å²) in [4.78, 5) is 2.51. The van der Waals surface area contributed by atoms with Gasteiger partial charge in [-0.3, -0.25) is 0 Å². The Morgan fingerprint density at radius 1 is 0.329 bits per heavy atom. The average Bonchev–Trinajstić information content (AvgIpc) is 3.45. The Labute approximate surface area is 444 Å². The number of aliphatic hydroxyl groups excluding tert-OH is 25. The van der Waals surface area contributed by atoms with Crippen LogP contribution in [0.4, 0.5) is 0 Å². The fraction of sp³-hybridized carbons (Fsp3) is 0.762. The Morgan fingerprint density at radius 2 is 0.582 bits per heavy atom. The molecule has 0 saturated carbocycles. The molecule has 79 heavy (non-hydrogen) atoms. The van der Waals surface area contributed by atoms with Gasteiger partial charge in [0.15, 0.2) is 70.2 Å². The van der Waals surface area contributed by atoms with Crippen molar-refractivity contribution in [3.63, 3.8) is 0 Å². The lowest BCUT2D eigenvalue weighted by Crippen LogP contribution is -2.61. The predicted octanol–water partition coefficient (Wildman–Crippen LogP) is -5.97. The lowest BCUT2D eigenvalue weighted by atomic mass is 9.98. The highest BCUT2D eigenvalue weighted by Crippen LogP contribution is 2.33. The highest BCUT2D eigenvalue weighted by atomic mass is 16.7. The van der Waals surface area contributed by atoms with Crippen LogP contribution in [-0.2, 0) is 42.6 Å². The molecule has 5 heterocycles. The van der Waals surface area contributed by atoms with Gasteiger partial charge in [0, 0.05) is 70.1 Å². The van der Waals surface area contributed by atoms with Crippen LogP contribution in [0.1, 0.15) is 32.1 Å². The van der Waals surface area contributed by atoms with E-state index in [0.717, 1.165) is 0 Å². The second kappa shape index (κ2) is 32.5. The van der Waals surface area contributed by atoms with Crippen molar-refractivity contribution in [2.24, 2.45) is 5.11 Å². The van der Waals surface area contributed by atoms with Crippen LogP contribution in [0.5, 0.6) is 0 Å². The first-order valence-electron chi connectivity index (χ1n) is 23.6. The summed E-state index contributed by atoms with van der Waals surface area (Å²) in [6.07, 6.45) is -50.9. The number of hydrogen-bond donors (Lipinski definition) is 25. The molecule has 20 atom stereocenters. The Hall–Kier alpha value is -4.95. The van der Waals surface area contributed by atoms with Crippen LogP contribution in [0, 0.1) is 0 Å². The smallest absolute Gasteiger partial charge is 0.218 e. The molecule has 0 aromatic heterocycles. The first-order valence-corrected chi connectivity index (χ1v) is 23.6. The molecule has 0 aliphatic carbocycles. The van der Waals surface area contributed by atoms with E-state index in [0.29, 0.717) is 0 Å². The molecule has 456 valence electrons. The van der Waals surface area contributed by atoms with Gasteiger partial charge in [-0.15, -0.1) is 0 Å². The number of ether oxygens (including phenoxy) is 9. The van der Waals surface area contributed by atoms with Crippen molar-refractivity contribution in [3.8, 4) is 0 Å². The highest BCUT2D eigenvalue weighted by molar-refractivity contribution is 5.14. The zero-order chi connectivity index (χ0) is 59.6. The van der Waals surface area contributed by atoms with Crippen LogP contribution in [0.2, 0.25) is 0 Å². The van der Waals surface area contributed by atoms with Crippen molar-refractivity contribution in [1.82, 2.24) is 0 Å². The summed E-state index contributed by atoms with van der Waals surface area (Å²) < 4.78 is 47.5. The van der Waals surface area contributed by atoms with Crippen LogP contribution in [-0.4, -0.2) is 297 Å². The van der Waals surface area contributed by atoms with E-state index in [1.54, 1.807) is 0 Å². The molecule has 5 rings (SSSR count). The molecule has 37 nitrogen and oxygen atoms in total. The van der Waals surface area contributed by atoms with Crippen molar-refractivity contribution in [1.29, 1.82) is 0 Å². The Kier molecular flexibility index (Phi) is 28.1. The van der Waals surface area contributed by atoms with Crippen molar-refractivity contribution < 1.29 is 170 Å². The summed E-state index contributed by atoms with van der Waals surface area (Å²) in [5.74, 6) is -15.6. The van der Waals surface area contributed by atoms with Crippen LogP contribution in [0.15, 0.2) is 62.7 Å². The van der Waals surface area contributed by atoms with Crippen molar-refractivity contribution >= 4 is 0 Å². The lowest BCUT2D eigenvalue weighted by molar-refractivity contribution is -0.329. The molecule has 0 radical (unpaired) electrons. The molecule has 0 aromatic carbocycles. The molecular weight excluding hydrogens is 1090 g/mol. The largest absolute Gasteiger partial charge is 0.506 e. The third-order valence-corrected chi connectivity index (χ3v) is 11.8. The standard InChI is InChI=1S/C42H69N3O34/c43-45-44-11-18-34-25(57)32(64)41(76-18)74-16(4-9-49)23(55)28(60)38(68)73-15(3-8-48)22(54)31(63)40(70)79-35-19(12-51)77-42(33(65)26(35)58)75-17(5-10-50)24(56)29(61)37(67)71-13(1-6-46)20(52)27(59)36(66)72-14(2-7-47)21(53)30(62)39(69)78-34/h13-19,25-26,32-42,46-70H,1-12H2/b27-20-,28-23-,29-24+,30-21-,31-22-. The van der Waals surface area contributed by atoms with E-state index in [-0.39, 0.29) is 0 Å². The molecule has 5 aliphatic heterocycles. The fourth-order valence-corrected chi connectivity index (χ4v) is 7.58. The molecule has 4 bridgehead atoms. The Bertz CT molecular complexity index is 2110. The van der Waals surface area contributed by atoms with E-state index >= 15 is 0 Å². The van der Waals surface area contributed by atoms with E-state index in [9.17, 15) is 128 Å². The summed E-state index contributed by atoms with van der Waals surface area (Å²) in [7, 11) is 0. The molecule has 5 aliphatic rings. The number of rotatable bonds is 13. The third-order valence-electron chi connectivity index (χ3n) is 11.8. The Morgan fingerprint density at radius 3 is 0.848 bits per heavy atom. The van der Waals surface area contributed by atoms with E-state index in [4.69, 9.17) is 48.2 Å². The van der Waals surface area contributed by atoms with Crippen LogP contribution in [0.3, 0.4) is 0 Å². The molecule has 2 fully saturated rings. The van der Waals surface area contributed by atoms with Gasteiger partial charge in [0.05, 0.1) is 19.3 Å². The maximum absolute atomic E-state index is 11.2. The van der Waals surface area contributed by atoms with Gasteiger partial charge in [-0.05, 0) is 5.53 Å². The summed E-state index contributed by atoms with van der Waals surface area (Å²) in [6, 6.07) is 0. The van der Waals surface area contributed by atoms with Gasteiger partial charge >= 0.3 is 0 Å². The molecule has 2 saturated heterocycles. The first kappa shape index (κ1) is 68.3. The zero-order valence-corrected chi connectivity index (χ0v) is 41.2. The van der Waals surface area contributed by atoms with Gasteiger partial charge in [0.2, 0.25) is 31.5 Å². The van der Waals surface area contributed by atoms with Gasteiger partial charge in [0.1, 0.15) is 73.2 Å². The zero-order valence-electron chi connectivity index (χ0n) is 41.2. The number of nitrogens with zero attached hydrogens (tertiary/aromatic N) is 3. The molecular formula is C42H69N3O34. The van der Waals surface area contributed by atoms with E-state index in [2.05, 4.69) is 10.0 Å². The lowest BCUT2D eigenvalue weighted by Gasteiger charge is -2.43. The molecule has 25 N–H and O–H groups in total. The third kappa shape index (κ3) is 17.8. The van der Waals surface area contributed by atoms with Gasteiger partial charge < -0.3 is 170 Å². The minimum Gasteiger partial charge on any atom is -0.506 e. The van der Waals surface area contributed by atoms with E-state index in [1.807, 2.05) is 0 Å². The summed E-state index contributed by atoms with van der Waals surface area (Å²) in [6.45, 7) is -6.86. The van der Waals surface area contributed by atoms with Crippen molar-refractivity contribution in [3.05, 3.63) is 68.0 Å². The minimum absolute atomic E-state index is 0.759. The summed E-state index contributed by atoms with van der Waals surface area (Å²) >= 11 is 0. The number of hydrogen-bond acceptors (Lipinski definition) is 35. The van der Waals surface area contributed by atoms with Crippen LogP contribution < -0.4 is 0 Å². The van der Waals surface area contributed by atoms with Crippen LogP contribution >= 0.6 is 0 Å². The van der Waals surface area contributed by atoms with Gasteiger partial charge in [0.25, 0.3) is 0 Å². The number of azide groups is 1. The maximum Gasteiger partial charge on any atom is 0.218 e. The molecule has 0 aromatic rings. The van der Waals surface area contributed by atoms with E-state index in [1.165, 1.54) is 0 Å². The summed E-state index contributed by atoms with van der Waals surface area (Å²) in [5.41, 5.74) is 9.04. The fourth-order valence-electron chi connectivity index (χ4n) is 7.58. The topological polar surface area (TPSA) is 638 Å².